The van der Waals surface area contributed by atoms with Crippen LogP contribution in [0.2, 0.25) is 0 Å². The molecule has 2 aromatic rings. The van der Waals surface area contributed by atoms with Crippen LogP contribution in [0.15, 0.2) is 36.8 Å². The lowest BCUT2D eigenvalue weighted by molar-refractivity contribution is -0.132. The maximum absolute atomic E-state index is 12.9. The van der Waals surface area contributed by atoms with Gasteiger partial charge >= 0.3 is 0 Å². The Morgan fingerprint density at radius 1 is 1.38 bits per heavy atom. The van der Waals surface area contributed by atoms with Gasteiger partial charge in [0.05, 0.1) is 0 Å². The molecule has 0 radical (unpaired) electrons. The molecule has 1 aliphatic rings. The zero-order valence-electron chi connectivity index (χ0n) is 14.2. The summed E-state index contributed by atoms with van der Waals surface area (Å²) in [4.78, 5) is 19.3. The highest BCUT2D eigenvalue weighted by Gasteiger charge is 2.41. The largest absolute Gasteiger partial charge is 0.363 e. The first-order chi connectivity index (χ1) is 11.6. The van der Waals surface area contributed by atoms with Crippen LogP contribution in [0, 0.1) is 0 Å². The summed E-state index contributed by atoms with van der Waals surface area (Å²) in [5.41, 5.74) is 0.379. The molecule has 1 aliphatic heterocycles. The van der Waals surface area contributed by atoms with Crippen LogP contribution in [0.1, 0.15) is 18.4 Å². The van der Waals surface area contributed by atoms with E-state index < -0.39 is 5.54 Å². The molecule has 1 saturated heterocycles. The van der Waals surface area contributed by atoms with Crippen LogP contribution in [0.4, 0.5) is 5.82 Å². The van der Waals surface area contributed by atoms with E-state index in [2.05, 4.69) is 20.7 Å². The first-order valence-corrected chi connectivity index (χ1v) is 8.23. The summed E-state index contributed by atoms with van der Waals surface area (Å²) in [6.07, 6.45) is 6.87. The number of rotatable bonds is 5. The molecule has 0 aromatic carbocycles. The molecule has 2 N–H and O–H groups in total. The molecule has 2 aromatic heterocycles. The third-order valence-electron chi connectivity index (χ3n) is 4.52. The molecule has 0 atom stereocenters. The lowest BCUT2D eigenvalue weighted by Crippen LogP contribution is -2.54. The monoisotopic (exact) mass is 328 g/mol. The Balaban J connectivity index is 1.70. The van der Waals surface area contributed by atoms with Crippen molar-refractivity contribution in [3.63, 3.8) is 0 Å². The third-order valence-corrected chi connectivity index (χ3v) is 4.52. The number of piperidine rings is 1. The number of anilines is 1. The molecule has 1 amide bonds. The fourth-order valence-electron chi connectivity index (χ4n) is 3.06. The second kappa shape index (κ2) is 7.00. The number of pyridine rings is 1. The average Bonchev–Trinajstić information content (AvgIpc) is 3.15. The quantitative estimate of drug-likeness (QED) is 0.847. The maximum atomic E-state index is 12.9. The number of nitrogens with one attached hydrogen (secondary N) is 2. The van der Waals surface area contributed by atoms with Gasteiger partial charge < -0.3 is 15.5 Å². The molecule has 7 heteroatoms. The van der Waals surface area contributed by atoms with Crippen LogP contribution in [0.25, 0.3) is 0 Å². The number of aromatic nitrogens is 3. The minimum Gasteiger partial charge on any atom is -0.363 e. The number of hydrogen-bond acceptors (Lipinski definition) is 5. The van der Waals surface area contributed by atoms with Crippen LogP contribution < -0.4 is 15.5 Å². The highest BCUT2D eigenvalue weighted by molar-refractivity contribution is 5.84. The van der Waals surface area contributed by atoms with Gasteiger partial charge in [0.15, 0.2) is 0 Å². The summed E-state index contributed by atoms with van der Waals surface area (Å²) >= 11 is 0. The van der Waals surface area contributed by atoms with Crippen LogP contribution >= 0.6 is 0 Å². The molecule has 1 fully saturated rings. The van der Waals surface area contributed by atoms with Gasteiger partial charge in [-0.2, -0.15) is 5.10 Å². The van der Waals surface area contributed by atoms with Gasteiger partial charge in [-0.25, -0.2) is 4.98 Å². The Morgan fingerprint density at radius 3 is 2.75 bits per heavy atom. The van der Waals surface area contributed by atoms with Crippen molar-refractivity contribution in [1.29, 1.82) is 0 Å². The Bertz CT molecular complexity index is 659. The normalized spacial score (nSPS) is 16.6. The van der Waals surface area contributed by atoms with Gasteiger partial charge in [-0.15, -0.1) is 0 Å². The van der Waals surface area contributed by atoms with Crippen LogP contribution in [-0.2, 0) is 16.9 Å². The van der Waals surface area contributed by atoms with Crippen LogP contribution in [0.5, 0.6) is 0 Å². The Hall–Kier alpha value is -2.41. The molecule has 3 heterocycles. The molecular formula is C17H24N6O. The van der Waals surface area contributed by atoms with Crippen molar-refractivity contribution < 1.29 is 4.79 Å². The fraction of sp³-hybridized carbons (Fsp3) is 0.471. The number of carbonyl (C=O) groups excluding carboxylic acids is 1. The predicted octanol–water partition coefficient (Wildman–Crippen LogP) is 0.739. The Morgan fingerprint density at radius 2 is 2.17 bits per heavy atom. The summed E-state index contributed by atoms with van der Waals surface area (Å²) in [5.74, 6) is 0.917. The van der Waals surface area contributed by atoms with Gasteiger partial charge in [0.25, 0.3) is 0 Å². The van der Waals surface area contributed by atoms with E-state index in [1.165, 1.54) is 0 Å². The minimum atomic E-state index is -0.605. The van der Waals surface area contributed by atoms with Crippen molar-refractivity contribution in [2.24, 2.45) is 0 Å². The second-order valence-corrected chi connectivity index (χ2v) is 6.33. The van der Waals surface area contributed by atoms with Gasteiger partial charge in [0, 0.05) is 39.2 Å². The summed E-state index contributed by atoms with van der Waals surface area (Å²) < 4.78 is 1.80. The Labute approximate surface area is 142 Å². The zero-order chi connectivity index (χ0) is 17.0. The van der Waals surface area contributed by atoms with Crippen molar-refractivity contribution >= 4 is 11.7 Å². The lowest BCUT2D eigenvalue weighted by atomic mass is 9.87. The zero-order valence-corrected chi connectivity index (χ0v) is 14.2. The fourth-order valence-corrected chi connectivity index (χ4v) is 3.06. The predicted molar refractivity (Wildman–Crippen MR) is 92.7 cm³/mol. The van der Waals surface area contributed by atoms with Crippen LogP contribution in [-0.4, -0.2) is 47.9 Å². The number of nitrogens with zero attached hydrogens (tertiary/aromatic N) is 4. The smallest absolute Gasteiger partial charge is 0.248 e. The highest BCUT2D eigenvalue weighted by atomic mass is 16.2. The van der Waals surface area contributed by atoms with Crippen LogP contribution in [0.3, 0.4) is 0 Å². The molecule has 0 saturated carbocycles. The standard InChI is InChI=1S/C17H24N6O/c1-22(2)15-5-4-14(12-19-15)13-20-16(24)17(6-9-18-10-7-17)23-11-3-8-21-23/h3-5,8,11-12,18H,6-7,9-10,13H2,1-2H3,(H,20,24). The van der Waals surface area contributed by atoms with Crippen molar-refractivity contribution in [3.05, 3.63) is 42.4 Å². The molecule has 0 unspecified atom stereocenters. The van der Waals surface area contributed by atoms with Gasteiger partial charge in [0.2, 0.25) is 5.91 Å². The van der Waals surface area contributed by atoms with E-state index in [0.717, 1.165) is 37.3 Å². The maximum Gasteiger partial charge on any atom is 0.248 e. The van der Waals surface area contributed by atoms with E-state index in [4.69, 9.17) is 0 Å². The second-order valence-electron chi connectivity index (χ2n) is 6.33. The summed E-state index contributed by atoms with van der Waals surface area (Å²) in [7, 11) is 3.91. The average molecular weight is 328 g/mol. The summed E-state index contributed by atoms with van der Waals surface area (Å²) in [6, 6.07) is 5.81. The van der Waals surface area contributed by atoms with Gasteiger partial charge in [0.1, 0.15) is 11.4 Å². The minimum absolute atomic E-state index is 0.0180. The molecule has 3 rings (SSSR count). The van der Waals surface area contributed by atoms with E-state index in [1.54, 1.807) is 17.1 Å². The van der Waals surface area contributed by atoms with Crippen molar-refractivity contribution in [2.75, 3.05) is 32.1 Å². The van der Waals surface area contributed by atoms with E-state index in [-0.39, 0.29) is 5.91 Å². The number of amides is 1. The van der Waals surface area contributed by atoms with Crippen molar-refractivity contribution in [1.82, 2.24) is 25.4 Å². The van der Waals surface area contributed by atoms with Gasteiger partial charge in [-0.3, -0.25) is 9.48 Å². The molecule has 128 valence electrons. The first-order valence-electron chi connectivity index (χ1n) is 8.23. The van der Waals surface area contributed by atoms with E-state index in [1.807, 2.05) is 43.4 Å². The molecule has 0 spiro atoms. The molecule has 0 aliphatic carbocycles. The van der Waals surface area contributed by atoms with Gasteiger partial charge in [-0.05, 0) is 43.6 Å². The Kier molecular flexibility index (Phi) is 4.80. The highest BCUT2D eigenvalue weighted by Crippen LogP contribution is 2.27. The van der Waals surface area contributed by atoms with Crippen molar-refractivity contribution in [2.45, 2.75) is 24.9 Å². The van der Waals surface area contributed by atoms with Crippen molar-refractivity contribution in [3.8, 4) is 0 Å². The molecule has 7 nitrogen and oxygen atoms in total. The molecular weight excluding hydrogens is 304 g/mol. The SMILES string of the molecule is CN(C)c1ccc(CNC(=O)C2(n3cccn3)CCNCC2)cn1. The molecule has 24 heavy (non-hydrogen) atoms. The first kappa shape index (κ1) is 16.4. The molecule has 0 bridgehead atoms. The van der Waals surface area contributed by atoms with E-state index >= 15 is 0 Å². The summed E-state index contributed by atoms with van der Waals surface area (Å²) in [6.45, 7) is 2.09. The third kappa shape index (κ3) is 3.26. The lowest BCUT2D eigenvalue weighted by Gasteiger charge is -2.36. The van der Waals surface area contributed by atoms with E-state index in [9.17, 15) is 4.79 Å². The number of hydrogen-bond donors (Lipinski definition) is 2. The van der Waals surface area contributed by atoms with E-state index in [0.29, 0.717) is 6.54 Å². The topological polar surface area (TPSA) is 75.1 Å². The summed E-state index contributed by atoms with van der Waals surface area (Å²) in [5, 5.41) is 10.7. The van der Waals surface area contributed by atoms with Gasteiger partial charge in [-0.1, -0.05) is 6.07 Å². The number of carbonyl (C=O) groups is 1.